The molecule has 154 valence electrons. The van der Waals surface area contributed by atoms with Crippen LogP contribution in [0, 0.1) is 0 Å². The molecule has 0 saturated heterocycles. The summed E-state index contributed by atoms with van der Waals surface area (Å²) >= 11 is 0. The summed E-state index contributed by atoms with van der Waals surface area (Å²) in [5.41, 5.74) is 4.49. The topological polar surface area (TPSA) is 70.0 Å². The number of carbonyl (C=O) groups is 1. The molecule has 1 heterocycles. The predicted octanol–water partition coefficient (Wildman–Crippen LogP) is 4.83. The van der Waals surface area contributed by atoms with Crippen molar-refractivity contribution in [2.45, 2.75) is 26.4 Å². The highest BCUT2D eigenvalue weighted by atomic mass is 16.5. The number of phenols is 1. The molecule has 5 heteroatoms. The maximum Gasteiger partial charge on any atom is 0.155 e. The van der Waals surface area contributed by atoms with Gasteiger partial charge in [-0.1, -0.05) is 42.5 Å². The van der Waals surface area contributed by atoms with Crippen molar-refractivity contribution in [3.05, 3.63) is 82.4 Å². The fourth-order valence-corrected chi connectivity index (χ4v) is 4.39. The molecule has 0 bridgehead atoms. The molecule has 1 aliphatic rings. The first-order valence-corrected chi connectivity index (χ1v) is 10.2. The van der Waals surface area contributed by atoms with Crippen molar-refractivity contribution in [3.63, 3.8) is 0 Å². The number of aromatic hydroxyl groups is 1. The van der Waals surface area contributed by atoms with Gasteiger partial charge in [0, 0.05) is 36.2 Å². The number of hydrogen-bond donors (Lipinski definition) is 2. The van der Waals surface area contributed by atoms with Crippen LogP contribution in [0.25, 0.3) is 0 Å². The van der Waals surface area contributed by atoms with Gasteiger partial charge in [0.1, 0.15) is 17.2 Å². The lowest BCUT2D eigenvalue weighted by Gasteiger charge is -2.35. The van der Waals surface area contributed by atoms with Crippen LogP contribution in [0.15, 0.2) is 54.6 Å². The Hall–Kier alpha value is -3.31. The van der Waals surface area contributed by atoms with E-state index < -0.39 is 0 Å². The van der Waals surface area contributed by atoms with Crippen LogP contribution in [0.3, 0.4) is 0 Å². The molecular weight excluding hydrogens is 378 g/mol. The SMILES string of the molecule is CCN(CC)c1c(C=O)c(O)cc2c1C(c1ccccc1CO)c1ccccc1O2. The molecule has 5 nitrogen and oxygen atoms in total. The summed E-state index contributed by atoms with van der Waals surface area (Å²) in [6, 6.07) is 17.1. The number of aliphatic hydroxyl groups is 1. The summed E-state index contributed by atoms with van der Waals surface area (Å²) in [4.78, 5) is 14.1. The Morgan fingerprint density at radius 2 is 1.67 bits per heavy atom. The Morgan fingerprint density at radius 3 is 2.33 bits per heavy atom. The first kappa shape index (κ1) is 20.0. The van der Waals surface area contributed by atoms with Gasteiger partial charge in [0.2, 0.25) is 0 Å². The molecule has 1 unspecified atom stereocenters. The molecule has 0 radical (unpaired) electrons. The smallest absolute Gasteiger partial charge is 0.155 e. The number of anilines is 1. The van der Waals surface area contributed by atoms with Crippen LogP contribution < -0.4 is 9.64 Å². The third kappa shape index (κ3) is 3.12. The van der Waals surface area contributed by atoms with Crippen LogP contribution in [0.5, 0.6) is 17.2 Å². The number of para-hydroxylation sites is 1. The fourth-order valence-electron chi connectivity index (χ4n) is 4.39. The van der Waals surface area contributed by atoms with Crippen LogP contribution in [-0.4, -0.2) is 29.6 Å². The predicted molar refractivity (Wildman–Crippen MR) is 117 cm³/mol. The summed E-state index contributed by atoms with van der Waals surface area (Å²) in [5.74, 6) is 0.880. The maximum atomic E-state index is 12.0. The average Bonchev–Trinajstić information content (AvgIpc) is 2.78. The van der Waals surface area contributed by atoms with E-state index in [1.54, 1.807) is 0 Å². The highest BCUT2D eigenvalue weighted by molar-refractivity contribution is 5.92. The van der Waals surface area contributed by atoms with Crippen molar-refractivity contribution in [2.24, 2.45) is 0 Å². The van der Waals surface area contributed by atoms with Crippen LogP contribution in [0.4, 0.5) is 5.69 Å². The molecule has 0 saturated carbocycles. The minimum Gasteiger partial charge on any atom is -0.507 e. The quantitative estimate of drug-likeness (QED) is 0.451. The third-order valence-electron chi connectivity index (χ3n) is 5.79. The lowest BCUT2D eigenvalue weighted by Crippen LogP contribution is -2.27. The van der Waals surface area contributed by atoms with E-state index in [2.05, 4.69) is 4.90 Å². The number of phenolic OH excluding ortho intramolecular Hbond substituents is 1. The Bertz CT molecular complexity index is 1090. The molecule has 1 atom stereocenters. The van der Waals surface area contributed by atoms with Crippen molar-refractivity contribution in [3.8, 4) is 17.2 Å². The summed E-state index contributed by atoms with van der Waals surface area (Å²) in [7, 11) is 0. The summed E-state index contributed by atoms with van der Waals surface area (Å²) in [5, 5.41) is 20.6. The van der Waals surface area contributed by atoms with Gasteiger partial charge in [-0.15, -0.1) is 0 Å². The number of fused-ring (bicyclic) bond motifs is 2. The lowest BCUT2D eigenvalue weighted by molar-refractivity contribution is 0.112. The molecule has 4 rings (SSSR count). The third-order valence-corrected chi connectivity index (χ3v) is 5.79. The average molecular weight is 403 g/mol. The molecular formula is C25H25NO4. The van der Waals surface area contributed by atoms with E-state index in [9.17, 15) is 15.0 Å². The van der Waals surface area contributed by atoms with Gasteiger partial charge in [0.25, 0.3) is 0 Å². The first-order valence-electron chi connectivity index (χ1n) is 10.2. The maximum absolute atomic E-state index is 12.0. The Balaban J connectivity index is 2.11. The van der Waals surface area contributed by atoms with Gasteiger partial charge in [-0.25, -0.2) is 0 Å². The van der Waals surface area contributed by atoms with E-state index >= 15 is 0 Å². The molecule has 0 aromatic heterocycles. The van der Waals surface area contributed by atoms with Gasteiger partial charge in [-0.2, -0.15) is 0 Å². The summed E-state index contributed by atoms with van der Waals surface area (Å²) in [6.07, 6.45) is 0.707. The molecule has 0 fully saturated rings. The molecule has 0 amide bonds. The van der Waals surface area contributed by atoms with Gasteiger partial charge in [0.05, 0.1) is 17.9 Å². The molecule has 1 aliphatic heterocycles. The van der Waals surface area contributed by atoms with Crippen molar-refractivity contribution in [2.75, 3.05) is 18.0 Å². The zero-order valence-corrected chi connectivity index (χ0v) is 17.1. The van der Waals surface area contributed by atoms with Crippen molar-refractivity contribution < 1.29 is 19.7 Å². The van der Waals surface area contributed by atoms with Crippen molar-refractivity contribution >= 4 is 12.0 Å². The van der Waals surface area contributed by atoms with Crippen LogP contribution in [-0.2, 0) is 6.61 Å². The minimum atomic E-state index is -0.247. The number of aliphatic hydroxyl groups excluding tert-OH is 1. The molecule has 3 aromatic carbocycles. The number of aldehydes is 1. The van der Waals surface area contributed by atoms with Crippen molar-refractivity contribution in [1.29, 1.82) is 0 Å². The van der Waals surface area contributed by atoms with Gasteiger partial charge in [-0.05, 0) is 31.0 Å². The molecule has 0 aliphatic carbocycles. The largest absolute Gasteiger partial charge is 0.507 e. The standard InChI is InChI=1S/C25H25NO4/c1-3-26(4-2)25-19(15-28)20(29)13-22-24(25)23(17-10-6-5-9-16(17)14-27)18-11-7-8-12-21(18)30-22/h5-13,15,23,27,29H,3-4,14H2,1-2H3. The number of hydrogen-bond acceptors (Lipinski definition) is 5. The van der Waals surface area contributed by atoms with E-state index in [1.165, 1.54) is 6.07 Å². The Kier molecular flexibility index (Phi) is 5.46. The van der Waals surface area contributed by atoms with Crippen LogP contribution in [0.1, 0.15) is 52.4 Å². The number of ether oxygens (including phenoxy) is 1. The Morgan fingerprint density at radius 1 is 1.00 bits per heavy atom. The van der Waals surface area contributed by atoms with Gasteiger partial charge >= 0.3 is 0 Å². The van der Waals surface area contributed by atoms with E-state index in [0.717, 1.165) is 22.3 Å². The van der Waals surface area contributed by atoms with Gasteiger partial charge < -0.3 is 19.8 Å². The zero-order valence-electron chi connectivity index (χ0n) is 17.1. The van der Waals surface area contributed by atoms with E-state index in [0.29, 0.717) is 36.6 Å². The van der Waals surface area contributed by atoms with Crippen LogP contribution in [0.2, 0.25) is 0 Å². The highest BCUT2D eigenvalue weighted by Crippen LogP contribution is 2.53. The summed E-state index contributed by atoms with van der Waals surface area (Å²) in [6.45, 7) is 5.28. The highest BCUT2D eigenvalue weighted by Gasteiger charge is 2.35. The zero-order chi connectivity index (χ0) is 21.3. The second-order valence-electron chi connectivity index (χ2n) is 7.29. The first-order chi connectivity index (χ1) is 14.6. The molecule has 2 N–H and O–H groups in total. The fraction of sp³-hybridized carbons (Fsp3) is 0.240. The number of rotatable bonds is 6. The Labute approximate surface area is 176 Å². The normalized spacial score (nSPS) is 14.4. The molecule has 0 spiro atoms. The van der Waals surface area contributed by atoms with Gasteiger partial charge in [0.15, 0.2) is 6.29 Å². The minimum absolute atomic E-state index is 0.0930. The van der Waals surface area contributed by atoms with Crippen molar-refractivity contribution in [1.82, 2.24) is 0 Å². The second-order valence-corrected chi connectivity index (χ2v) is 7.29. The lowest BCUT2D eigenvalue weighted by atomic mass is 9.79. The van der Waals surface area contributed by atoms with E-state index in [4.69, 9.17) is 4.74 Å². The second kappa shape index (κ2) is 8.20. The monoisotopic (exact) mass is 403 g/mol. The van der Waals surface area contributed by atoms with Crippen LogP contribution >= 0.6 is 0 Å². The van der Waals surface area contributed by atoms with E-state index in [1.807, 2.05) is 62.4 Å². The number of carbonyl (C=O) groups excluding carboxylic acids is 1. The summed E-state index contributed by atoms with van der Waals surface area (Å²) < 4.78 is 6.20. The number of nitrogens with zero attached hydrogens (tertiary/aromatic N) is 1. The molecule has 3 aromatic rings. The van der Waals surface area contributed by atoms with E-state index in [-0.39, 0.29) is 23.8 Å². The van der Waals surface area contributed by atoms with Gasteiger partial charge in [-0.3, -0.25) is 4.79 Å². The molecule has 30 heavy (non-hydrogen) atoms. The number of benzene rings is 3.